The lowest BCUT2D eigenvalue weighted by Crippen LogP contribution is -2.38. The fourth-order valence-electron chi connectivity index (χ4n) is 2.42. The van der Waals surface area contributed by atoms with Gasteiger partial charge in [0.15, 0.2) is 0 Å². The lowest BCUT2D eigenvalue weighted by molar-refractivity contribution is -0.131. The molecule has 120 valence electrons. The topological polar surface area (TPSA) is 107 Å². The number of imide groups is 1. The van der Waals surface area contributed by atoms with E-state index < -0.39 is 18.0 Å². The number of rotatable bonds is 5. The minimum absolute atomic E-state index is 0.277. The average Bonchev–Trinajstić information content (AvgIpc) is 2.86. The Morgan fingerprint density at radius 2 is 2.05 bits per heavy atom. The lowest BCUT2D eigenvalue weighted by Gasteiger charge is -2.13. The van der Waals surface area contributed by atoms with Crippen molar-refractivity contribution in [1.29, 1.82) is 0 Å². The molecular weight excluding hydrogens is 286 g/mol. The number of aromatic amines is 1. The molecule has 8 nitrogen and oxygen atoms in total. The standard InChI is InChI=1S/C14H21N5O3/c1-7(2)5-10-13(21)19(14(22)15-10)6-11(20)16-12-8(3)17-18-9(12)4/h7,10H,5-6H2,1-4H3,(H,15,22)(H,16,20)(H,17,18)/t10-/m0/s1. The van der Waals surface area contributed by atoms with E-state index in [1.54, 1.807) is 13.8 Å². The van der Waals surface area contributed by atoms with Gasteiger partial charge in [0.1, 0.15) is 12.6 Å². The van der Waals surface area contributed by atoms with E-state index in [1.165, 1.54) is 0 Å². The molecule has 1 fully saturated rings. The Bertz CT molecular complexity index is 588. The minimum atomic E-state index is -0.544. The van der Waals surface area contributed by atoms with Crippen LogP contribution in [-0.2, 0) is 9.59 Å². The lowest BCUT2D eigenvalue weighted by atomic mass is 10.0. The maximum atomic E-state index is 12.2. The molecule has 1 aromatic rings. The summed E-state index contributed by atoms with van der Waals surface area (Å²) in [7, 11) is 0. The zero-order valence-electron chi connectivity index (χ0n) is 13.2. The summed E-state index contributed by atoms with van der Waals surface area (Å²) in [5, 5.41) is 12.0. The fraction of sp³-hybridized carbons (Fsp3) is 0.571. The molecule has 0 saturated carbocycles. The van der Waals surface area contributed by atoms with Gasteiger partial charge in [-0.25, -0.2) is 4.79 Å². The molecule has 2 rings (SSSR count). The molecule has 0 aromatic carbocycles. The van der Waals surface area contributed by atoms with E-state index >= 15 is 0 Å². The summed E-state index contributed by atoms with van der Waals surface area (Å²) in [6.45, 7) is 7.18. The number of anilines is 1. The second kappa shape index (κ2) is 6.17. The van der Waals surface area contributed by atoms with Gasteiger partial charge in [-0.15, -0.1) is 0 Å². The van der Waals surface area contributed by atoms with Crippen LogP contribution in [-0.4, -0.2) is 45.5 Å². The Labute approximate surface area is 128 Å². The molecule has 3 N–H and O–H groups in total. The molecule has 2 heterocycles. The van der Waals surface area contributed by atoms with Gasteiger partial charge in [0.05, 0.1) is 17.1 Å². The van der Waals surface area contributed by atoms with Crippen molar-refractivity contribution in [2.75, 3.05) is 11.9 Å². The summed E-state index contributed by atoms with van der Waals surface area (Å²) in [5.74, 6) is -0.505. The second-order valence-corrected chi connectivity index (χ2v) is 5.91. The van der Waals surface area contributed by atoms with Crippen LogP contribution in [0.2, 0.25) is 0 Å². The number of carbonyl (C=O) groups is 3. The minimum Gasteiger partial charge on any atom is -0.326 e. The first-order chi connectivity index (χ1) is 10.3. The Morgan fingerprint density at radius 1 is 1.36 bits per heavy atom. The quantitative estimate of drug-likeness (QED) is 0.703. The smallest absolute Gasteiger partial charge is 0.325 e. The van der Waals surface area contributed by atoms with Crippen LogP contribution in [0.25, 0.3) is 0 Å². The zero-order chi connectivity index (χ0) is 16.4. The monoisotopic (exact) mass is 307 g/mol. The Balaban J connectivity index is 2.00. The average molecular weight is 307 g/mol. The van der Waals surface area contributed by atoms with Crippen molar-refractivity contribution < 1.29 is 14.4 Å². The van der Waals surface area contributed by atoms with Gasteiger partial charge in [-0.05, 0) is 26.2 Å². The van der Waals surface area contributed by atoms with Gasteiger partial charge < -0.3 is 10.6 Å². The molecule has 22 heavy (non-hydrogen) atoms. The van der Waals surface area contributed by atoms with Crippen LogP contribution in [0.15, 0.2) is 0 Å². The first-order valence-electron chi connectivity index (χ1n) is 7.23. The molecule has 1 aliphatic rings. The van der Waals surface area contributed by atoms with Crippen molar-refractivity contribution >= 4 is 23.5 Å². The Morgan fingerprint density at radius 3 is 2.59 bits per heavy atom. The SMILES string of the molecule is Cc1n[nH]c(C)c1NC(=O)CN1C(=O)N[C@@H](CC(C)C)C1=O. The number of carbonyl (C=O) groups excluding carboxylic acids is 3. The summed E-state index contributed by atoms with van der Waals surface area (Å²) in [6, 6.07) is -1.07. The number of nitrogens with one attached hydrogen (secondary N) is 3. The molecule has 0 spiro atoms. The molecule has 0 aliphatic carbocycles. The van der Waals surface area contributed by atoms with Crippen molar-refractivity contribution in [2.24, 2.45) is 5.92 Å². The van der Waals surface area contributed by atoms with Gasteiger partial charge >= 0.3 is 6.03 Å². The van der Waals surface area contributed by atoms with Gasteiger partial charge in [0, 0.05) is 0 Å². The summed E-state index contributed by atoms with van der Waals surface area (Å²) in [6.07, 6.45) is 0.558. The number of aryl methyl sites for hydroxylation is 2. The first kappa shape index (κ1) is 16.0. The second-order valence-electron chi connectivity index (χ2n) is 5.91. The fourth-order valence-corrected chi connectivity index (χ4v) is 2.42. The van der Waals surface area contributed by atoms with E-state index in [9.17, 15) is 14.4 Å². The van der Waals surface area contributed by atoms with Crippen LogP contribution in [0, 0.1) is 19.8 Å². The number of nitrogens with zero attached hydrogens (tertiary/aromatic N) is 2. The highest BCUT2D eigenvalue weighted by molar-refractivity contribution is 6.08. The molecule has 8 heteroatoms. The van der Waals surface area contributed by atoms with Crippen molar-refractivity contribution in [3.05, 3.63) is 11.4 Å². The highest BCUT2D eigenvalue weighted by atomic mass is 16.2. The summed E-state index contributed by atoms with van der Waals surface area (Å²) in [4.78, 5) is 37.0. The van der Waals surface area contributed by atoms with Gasteiger partial charge in [-0.2, -0.15) is 5.10 Å². The summed E-state index contributed by atoms with van der Waals surface area (Å²) < 4.78 is 0. The molecule has 1 saturated heterocycles. The third-order valence-electron chi connectivity index (χ3n) is 3.51. The van der Waals surface area contributed by atoms with E-state index in [0.717, 1.165) is 10.6 Å². The van der Waals surface area contributed by atoms with Crippen molar-refractivity contribution in [3.8, 4) is 0 Å². The number of hydrogen-bond acceptors (Lipinski definition) is 4. The van der Waals surface area contributed by atoms with Crippen molar-refractivity contribution in [3.63, 3.8) is 0 Å². The molecule has 0 unspecified atom stereocenters. The van der Waals surface area contributed by atoms with E-state index in [1.807, 2.05) is 13.8 Å². The molecule has 4 amide bonds. The highest BCUT2D eigenvalue weighted by Crippen LogP contribution is 2.17. The molecular formula is C14H21N5O3. The van der Waals surface area contributed by atoms with Crippen molar-refractivity contribution in [1.82, 2.24) is 20.4 Å². The molecule has 1 aromatic heterocycles. The third-order valence-corrected chi connectivity index (χ3v) is 3.51. The third kappa shape index (κ3) is 3.26. The summed E-state index contributed by atoms with van der Waals surface area (Å²) in [5.41, 5.74) is 1.96. The van der Waals surface area contributed by atoms with Crippen LogP contribution < -0.4 is 10.6 Å². The number of H-pyrrole nitrogens is 1. The van der Waals surface area contributed by atoms with Crippen LogP contribution in [0.3, 0.4) is 0 Å². The van der Waals surface area contributed by atoms with E-state index in [0.29, 0.717) is 17.8 Å². The predicted molar refractivity (Wildman–Crippen MR) is 80.2 cm³/mol. The number of hydrogen-bond donors (Lipinski definition) is 3. The summed E-state index contributed by atoms with van der Waals surface area (Å²) >= 11 is 0. The van der Waals surface area contributed by atoms with Crippen LogP contribution in [0.4, 0.5) is 10.5 Å². The van der Waals surface area contributed by atoms with Gasteiger partial charge in [-0.1, -0.05) is 13.8 Å². The van der Waals surface area contributed by atoms with E-state index in [-0.39, 0.29) is 18.4 Å². The van der Waals surface area contributed by atoms with Gasteiger partial charge in [0.2, 0.25) is 5.91 Å². The van der Waals surface area contributed by atoms with E-state index in [2.05, 4.69) is 20.8 Å². The van der Waals surface area contributed by atoms with Gasteiger partial charge in [0.25, 0.3) is 5.91 Å². The maximum absolute atomic E-state index is 12.2. The number of amides is 4. The first-order valence-corrected chi connectivity index (χ1v) is 7.23. The number of aromatic nitrogens is 2. The normalized spacial score (nSPS) is 18.0. The molecule has 1 atom stereocenters. The number of urea groups is 1. The maximum Gasteiger partial charge on any atom is 0.325 e. The van der Waals surface area contributed by atoms with Crippen LogP contribution in [0.1, 0.15) is 31.7 Å². The van der Waals surface area contributed by atoms with E-state index in [4.69, 9.17) is 0 Å². The molecule has 0 bridgehead atoms. The van der Waals surface area contributed by atoms with Crippen LogP contribution in [0.5, 0.6) is 0 Å². The Kier molecular flexibility index (Phi) is 4.48. The van der Waals surface area contributed by atoms with Gasteiger partial charge in [-0.3, -0.25) is 19.6 Å². The largest absolute Gasteiger partial charge is 0.326 e. The molecule has 0 radical (unpaired) electrons. The molecule has 1 aliphatic heterocycles. The van der Waals surface area contributed by atoms with Crippen LogP contribution >= 0.6 is 0 Å². The zero-order valence-corrected chi connectivity index (χ0v) is 13.2. The Hall–Kier alpha value is -2.38. The highest BCUT2D eigenvalue weighted by Gasteiger charge is 2.39. The predicted octanol–water partition coefficient (Wildman–Crippen LogP) is 0.932. The van der Waals surface area contributed by atoms with Crippen molar-refractivity contribution in [2.45, 2.75) is 40.2 Å².